The minimum absolute atomic E-state index is 0.241. The van der Waals surface area contributed by atoms with Gasteiger partial charge < -0.3 is 14.9 Å². The standard InChI is InChI=1S/C15H13FN6/c1-22-8-19-14-13(22)7-18-15(21-14)17-6-11-5-9-4-10(16)2-3-12(9)20-11/h2-5,7-8,20H,6H2,1H3,(H,17,18,21). The highest BCUT2D eigenvalue weighted by Gasteiger charge is 2.06. The van der Waals surface area contributed by atoms with Crippen molar-refractivity contribution in [3.05, 3.63) is 48.3 Å². The SMILES string of the molecule is Cn1cnc2nc(NCc3cc4cc(F)ccc4[nH]3)ncc21. The molecule has 22 heavy (non-hydrogen) atoms. The Hall–Kier alpha value is -2.96. The molecule has 0 unspecified atom stereocenters. The van der Waals surface area contributed by atoms with Crippen LogP contribution < -0.4 is 5.32 Å². The van der Waals surface area contributed by atoms with E-state index in [1.807, 2.05) is 17.7 Å². The maximum atomic E-state index is 13.2. The first-order valence-corrected chi connectivity index (χ1v) is 6.84. The Morgan fingerprint density at radius 2 is 2.18 bits per heavy atom. The second-order valence-electron chi connectivity index (χ2n) is 5.14. The van der Waals surface area contributed by atoms with Crippen LogP contribution in [-0.4, -0.2) is 24.5 Å². The van der Waals surface area contributed by atoms with E-state index in [2.05, 4.69) is 25.3 Å². The number of benzene rings is 1. The maximum absolute atomic E-state index is 13.2. The molecule has 0 atom stereocenters. The predicted octanol–water partition coefficient (Wildman–Crippen LogP) is 2.60. The van der Waals surface area contributed by atoms with Gasteiger partial charge in [-0.1, -0.05) is 0 Å². The molecule has 0 fully saturated rings. The lowest BCUT2D eigenvalue weighted by Crippen LogP contribution is -2.03. The number of halogens is 1. The Bertz CT molecular complexity index is 969. The van der Waals surface area contributed by atoms with Gasteiger partial charge in [-0.3, -0.25) is 0 Å². The molecular weight excluding hydrogens is 283 g/mol. The van der Waals surface area contributed by atoms with Crippen LogP contribution in [0.4, 0.5) is 10.3 Å². The number of nitrogens with one attached hydrogen (secondary N) is 2. The molecule has 0 amide bonds. The number of aryl methyl sites for hydroxylation is 1. The molecule has 0 bridgehead atoms. The third-order valence-electron chi connectivity index (χ3n) is 3.56. The van der Waals surface area contributed by atoms with Gasteiger partial charge >= 0.3 is 0 Å². The molecule has 0 saturated carbocycles. The van der Waals surface area contributed by atoms with Crippen molar-refractivity contribution in [3.8, 4) is 0 Å². The maximum Gasteiger partial charge on any atom is 0.225 e. The largest absolute Gasteiger partial charge is 0.357 e. The smallest absolute Gasteiger partial charge is 0.225 e. The second-order valence-corrected chi connectivity index (χ2v) is 5.14. The van der Waals surface area contributed by atoms with E-state index in [1.54, 1.807) is 18.6 Å². The molecule has 6 nitrogen and oxygen atoms in total. The fraction of sp³-hybridized carbons (Fsp3) is 0.133. The molecule has 3 aromatic heterocycles. The zero-order chi connectivity index (χ0) is 15.1. The van der Waals surface area contributed by atoms with E-state index in [9.17, 15) is 4.39 Å². The molecule has 3 heterocycles. The minimum Gasteiger partial charge on any atom is -0.357 e. The van der Waals surface area contributed by atoms with Crippen LogP contribution >= 0.6 is 0 Å². The predicted molar refractivity (Wildman–Crippen MR) is 81.9 cm³/mol. The quantitative estimate of drug-likeness (QED) is 0.609. The number of hydrogen-bond donors (Lipinski definition) is 2. The molecular formula is C15H13FN6. The number of aromatic amines is 1. The summed E-state index contributed by atoms with van der Waals surface area (Å²) in [5, 5.41) is 3.99. The van der Waals surface area contributed by atoms with Gasteiger partial charge in [0.05, 0.1) is 19.1 Å². The molecule has 4 rings (SSSR count). The lowest BCUT2D eigenvalue weighted by molar-refractivity contribution is 0.630. The van der Waals surface area contributed by atoms with E-state index in [0.29, 0.717) is 18.1 Å². The van der Waals surface area contributed by atoms with Crippen LogP contribution in [0.15, 0.2) is 36.8 Å². The number of nitrogens with zero attached hydrogens (tertiary/aromatic N) is 4. The summed E-state index contributed by atoms with van der Waals surface area (Å²) >= 11 is 0. The molecule has 7 heteroatoms. The van der Waals surface area contributed by atoms with Gasteiger partial charge in [-0.05, 0) is 24.3 Å². The topological polar surface area (TPSA) is 71.4 Å². The van der Waals surface area contributed by atoms with E-state index in [0.717, 1.165) is 22.1 Å². The fourth-order valence-electron chi connectivity index (χ4n) is 2.43. The Labute approximate surface area is 125 Å². The van der Waals surface area contributed by atoms with Gasteiger partial charge in [0, 0.05) is 23.6 Å². The van der Waals surface area contributed by atoms with Crippen molar-refractivity contribution in [3.63, 3.8) is 0 Å². The van der Waals surface area contributed by atoms with Crippen LogP contribution in [0.1, 0.15) is 5.69 Å². The van der Waals surface area contributed by atoms with E-state index in [4.69, 9.17) is 0 Å². The first kappa shape index (κ1) is 12.8. The number of aromatic nitrogens is 5. The molecule has 0 saturated heterocycles. The van der Waals surface area contributed by atoms with E-state index >= 15 is 0 Å². The number of H-pyrrole nitrogens is 1. The van der Waals surface area contributed by atoms with E-state index < -0.39 is 0 Å². The lowest BCUT2D eigenvalue weighted by atomic mass is 10.2. The van der Waals surface area contributed by atoms with Crippen LogP contribution in [0.2, 0.25) is 0 Å². The van der Waals surface area contributed by atoms with E-state index in [-0.39, 0.29) is 5.82 Å². The number of imidazole rings is 1. The summed E-state index contributed by atoms with van der Waals surface area (Å²) < 4.78 is 15.1. The average molecular weight is 296 g/mol. The number of rotatable bonds is 3. The van der Waals surface area contributed by atoms with Crippen LogP contribution in [-0.2, 0) is 13.6 Å². The van der Waals surface area contributed by atoms with Crippen LogP contribution in [0.3, 0.4) is 0 Å². The van der Waals surface area contributed by atoms with Crippen molar-refractivity contribution in [2.24, 2.45) is 7.05 Å². The van der Waals surface area contributed by atoms with Crippen molar-refractivity contribution >= 4 is 28.0 Å². The summed E-state index contributed by atoms with van der Waals surface area (Å²) in [5.74, 6) is 0.269. The monoisotopic (exact) mass is 296 g/mol. The highest BCUT2D eigenvalue weighted by atomic mass is 19.1. The van der Waals surface area contributed by atoms with Gasteiger partial charge in [0.2, 0.25) is 5.95 Å². The second kappa shape index (κ2) is 4.80. The lowest BCUT2D eigenvalue weighted by Gasteiger charge is -2.02. The van der Waals surface area contributed by atoms with Gasteiger partial charge in [0.1, 0.15) is 11.3 Å². The van der Waals surface area contributed by atoms with Crippen LogP contribution in [0, 0.1) is 5.82 Å². The van der Waals surface area contributed by atoms with Crippen LogP contribution in [0.5, 0.6) is 0 Å². The summed E-state index contributed by atoms with van der Waals surface area (Å²) in [4.78, 5) is 16.0. The van der Waals surface area contributed by atoms with E-state index in [1.165, 1.54) is 12.1 Å². The van der Waals surface area contributed by atoms with Gasteiger partial charge in [0.25, 0.3) is 0 Å². The highest BCUT2D eigenvalue weighted by Crippen LogP contribution is 2.17. The molecule has 0 spiro atoms. The van der Waals surface area contributed by atoms with Gasteiger partial charge in [0.15, 0.2) is 5.65 Å². The third kappa shape index (κ3) is 2.16. The zero-order valence-corrected chi connectivity index (χ0v) is 11.8. The Morgan fingerprint density at radius 3 is 3.09 bits per heavy atom. The fourth-order valence-corrected chi connectivity index (χ4v) is 2.43. The van der Waals surface area contributed by atoms with Gasteiger partial charge in [-0.25, -0.2) is 14.4 Å². The average Bonchev–Trinajstić information content (AvgIpc) is 3.08. The highest BCUT2D eigenvalue weighted by molar-refractivity contribution is 5.80. The molecule has 110 valence electrons. The van der Waals surface area contributed by atoms with Gasteiger partial charge in [-0.15, -0.1) is 0 Å². The zero-order valence-electron chi connectivity index (χ0n) is 11.8. The summed E-state index contributed by atoms with van der Waals surface area (Å²) in [6.45, 7) is 0.522. The Balaban J connectivity index is 1.56. The normalized spacial score (nSPS) is 11.4. The first-order valence-electron chi connectivity index (χ1n) is 6.84. The van der Waals surface area contributed by atoms with Crippen molar-refractivity contribution < 1.29 is 4.39 Å². The molecule has 0 aliphatic rings. The molecule has 0 aliphatic carbocycles. The number of fused-ring (bicyclic) bond motifs is 2. The Morgan fingerprint density at radius 1 is 1.27 bits per heavy atom. The molecule has 0 radical (unpaired) electrons. The van der Waals surface area contributed by atoms with Crippen LogP contribution in [0.25, 0.3) is 22.1 Å². The Kier molecular flexibility index (Phi) is 2.78. The number of hydrogen-bond acceptors (Lipinski definition) is 4. The first-order chi connectivity index (χ1) is 10.7. The van der Waals surface area contributed by atoms with Crippen molar-refractivity contribution in [2.75, 3.05) is 5.32 Å². The number of anilines is 1. The summed E-state index contributed by atoms with van der Waals surface area (Å²) in [6, 6.07) is 6.58. The summed E-state index contributed by atoms with van der Waals surface area (Å²) in [6.07, 6.45) is 3.44. The molecule has 0 aliphatic heterocycles. The van der Waals surface area contributed by atoms with Crippen molar-refractivity contribution in [1.29, 1.82) is 0 Å². The third-order valence-corrected chi connectivity index (χ3v) is 3.56. The van der Waals surface area contributed by atoms with Crippen molar-refractivity contribution in [1.82, 2.24) is 24.5 Å². The van der Waals surface area contributed by atoms with Crippen molar-refractivity contribution in [2.45, 2.75) is 6.54 Å². The molecule has 1 aromatic carbocycles. The summed E-state index contributed by atoms with van der Waals surface area (Å²) in [5.41, 5.74) is 3.37. The van der Waals surface area contributed by atoms with Gasteiger partial charge in [-0.2, -0.15) is 4.98 Å². The summed E-state index contributed by atoms with van der Waals surface area (Å²) in [7, 11) is 1.90. The minimum atomic E-state index is -0.241. The molecule has 2 N–H and O–H groups in total. The molecule has 4 aromatic rings.